The first-order valence-corrected chi connectivity index (χ1v) is 45.3. The van der Waals surface area contributed by atoms with Gasteiger partial charge in [-0.15, -0.1) is 11.8 Å². The summed E-state index contributed by atoms with van der Waals surface area (Å²) in [5.74, 6) is -16.7. The average molecular weight is 1850 g/mol. The molecule has 0 radical (unpaired) electrons. The minimum absolute atomic E-state index is 0.00885. The van der Waals surface area contributed by atoms with Crippen LogP contribution in [0.2, 0.25) is 0 Å². The lowest BCUT2D eigenvalue weighted by atomic mass is 10.00. The summed E-state index contributed by atoms with van der Waals surface area (Å²) >= 11 is 0.812. The van der Waals surface area contributed by atoms with Crippen LogP contribution < -0.4 is 64.6 Å². The molecule has 132 heavy (non-hydrogen) atoms. The highest BCUT2D eigenvalue weighted by molar-refractivity contribution is 8.00. The minimum Gasteiger partial charge on any atom is -0.394 e. The van der Waals surface area contributed by atoms with Crippen LogP contribution >= 0.6 is 11.8 Å². The summed E-state index contributed by atoms with van der Waals surface area (Å²) in [7, 11) is 5.28. The Morgan fingerprint density at radius 3 is 1.54 bits per heavy atom. The molecule has 1 aliphatic heterocycles. The number of unbranched alkanes of at least 4 members (excludes halogenated alkanes) is 2. The number of likely N-dealkylation sites (N-methyl/N-ethyl adjacent to an activating group) is 4. The molecule has 0 bridgehead atoms. The molecule has 3 aromatic carbocycles. The number of aryl methyl sites for hydroxylation is 1. The number of aromatic nitrogens is 6. The molecule has 0 spiro atoms. The van der Waals surface area contributed by atoms with E-state index in [9.17, 15) is 57.8 Å². The summed E-state index contributed by atoms with van der Waals surface area (Å²) in [6, 6.07) is 4.78. The van der Waals surface area contributed by atoms with Crippen LogP contribution in [-0.2, 0) is 114 Å². The SMILES string of the molecule is CCCC[C@H]1C(=O)N(C)[C@@H](CCCC)C(=O)N[C@@H](Cc2cnc[nH]2)C(=O)N[C@H](C(=O)NCC(N)=O)CSCC(=O)N[C@@H](CCc2ccccc2)C(=O)N(C)[C@@H](C)C(=O)N[C@@H](CC(N)=O)C(=O)N(CCC)CC(=O)N[C@@H](Cc2cnc[nH]2)C(=O)N[C@@H](CC(C)C)C(=O)N(C)CC(=O)N[C@@H](Cc2c[nH]c3ccccc23)C(=O)N[C@@H](CO)C(=O)N[C@@H](Cc2c[nH]c3ccccc23)C(=O)N1C. The van der Waals surface area contributed by atoms with Crippen molar-refractivity contribution in [2.45, 2.75) is 210 Å². The average Bonchev–Trinajstić information content (AvgIpc) is 1.68. The molecule has 1 saturated heterocycles. The smallest absolute Gasteiger partial charge is 0.246 e. The first-order chi connectivity index (χ1) is 63.0. The largest absolute Gasteiger partial charge is 0.394 e. The molecule has 0 aliphatic carbocycles. The van der Waals surface area contributed by atoms with Gasteiger partial charge in [0.2, 0.25) is 100 Å². The van der Waals surface area contributed by atoms with Gasteiger partial charge >= 0.3 is 0 Å². The number of primary amides is 2. The third kappa shape index (κ3) is 30.5. The number of hydrogen-bond acceptors (Lipinski definition) is 21. The summed E-state index contributed by atoms with van der Waals surface area (Å²) in [5, 5.41) is 39.0. The first kappa shape index (κ1) is 104. The maximum Gasteiger partial charge on any atom is 0.246 e. The number of amides is 17. The molecule has 42 heteroatoms. The first-order valence-electron chi connectivity index (χ1n) is 44.2. The van der Waals surface area contributed by atoms with E-state index in [1.54, 1.807) is 112 Å². The Labute approximate surface area is 769 Å². The van der Waals surface area contributed by atoms with E-state index in [1.165, 1.54) is 65.1 Å². The van der Waals surface area contributed by atoms with Crippen LogP contribution in [0.1, 0.15) is 134 Å². The molecule has 714 valence electrons. The Morgan fingerprint density at radius 2 is 0.985 bits per heavy atom. The molecule has 41 nitrogen and oxygen atoms in total. The molecule has 8 rings (SSSR count). The second-order valence-electron chi connectivity index (χ2n) is 33.4. The maximum atomic E-state index is 15.7. The van der Waals surface area contributed by atoms with Gasteiger partial charge in [0, 0.05) is 124 Å². The zero-order valence-electron chi connectivity index (χ0n) is 76.1. The van der Waals surface area contributed by atoms with Gasteiger partial charge in [-0.3, -0.25) is 81.5 Å². The van der Waals surface area contributed by atoms with Crippen LogP contribution in [0.5, 0.6) is 0 Å². The van der Waals surface area contributed by atoms with E-state index >= 15 is 28.8 Å². The quantitative estimate of drug-likeness (QED) is 0.0300. The fraction of sp³-hybridized carbons (Fsp3) is 0.500. The number of nitrogens with zero attached hydrogens (tertiary/aromatic N) is 7. The van der Waals surface area contributed by atoms with E-state index in [2.05, 4.69) is 83.1 Å². The number of nitrogens with one attached hydrogen (secondary N) is 14. The number of aliphatic hydroxyl groups is 1. The van der Waals surface area contributed by atoms with Gasteiger partial charge in [-0.25, -0.2) is 9.97 Å². The number of carbonyl (C=O) groups is 17. The molecule has 4 aromatic heterocycles. The fourth-order valence-electron chi connectivity index (χ4n) is 15.4. The van der Waals surface area contributed by atoms with Crippen molar-refractivity contribution in [3.63, 3.8) is 0 Å². The summed E-state index contributed by atoms with van der Waals surface area (Å²) in [6.45, 7) is 6.79. The predicted octanol–water partition coefficient (Wildman–Crippen LogP) is -0.798. The van der Waals surface area contributed by atoms with Crippen LogP contribution in [0, 0.1) is 5.92 Å². The van der Waals surface area contributed by atoms with Gasteiger partial charge in [0.1, 0.15) is 72.5 Å². The fourth-order valence-corrected chi connectivity index (χ4v) is 16.2. The zero-order valence-corrected chi connectivity index (χ0v) is 76.9. The highest BCUT2D eigenvalue weighted by Crippen LogP contribution is 2.25. The standard InChI is InChI=1S/C90H125N23O18S/c1-11-14-29-72-85(126)103-66(38-58-43-94-51-99-58)83(124)108-71(80(121)97-44-75(92)116)48-132-49-78(119)100-63(32-31-54-23-17-16-18-24-54)87(128)110(8)53(6)79(120)104-69(39-74(91)115)89(130)113(33-13-3)46-77(118)102-65(37-57-42-93-50-98-57)82(123)105-67(34-52(4)5)86(127)109(7)45-76(117)101-64(35-55-40-95-61-27-21-19-25-59(55)61)81(122)107-70(47-114)84(125)106-68(36-56-41-96-62-28-22-20-26-60(56)62)88(129)112(10)73(30-15-12-2)90(131)111(72)9/h16-28,40-43,50-53,63-73,95-96,114H,11-15,29-39,44-49H2,1-10H3,(H2,91,115)(H2,92,116)(H,93,98)(H,94,99)(H,97,121)(H,100,119)(H,101,117)(H,102,118)(H,103,126)(H,104,120)(H,105,123)(H,106,125)(H,107,122)(H,108,124)/t53-,63-,64-,65-,66-,67-,68-,69-,70-,71-,72-,73-/m0/s1. The Balaban J connectivity index is 1.18. The van der Waals surface area contributed by atoms with E-state index in [0.29, 0.717) is 70.0 Å². The number of hydrogen-bond donors (Lipinski definition) is 17. The van der Waals surface area contributed by atoms with Gasteiger partial charge < -0.3 is 114 Å². The number of benzene rings is 3. The molecule has 17 amide bonds. The molecule has 0 unspecified atom stereocenters. The zero-order chi connectivity index (χ0) is 96.4. The number of imidazole rings is 2. The van der Waals surface area contributed by atoms with Crippen LogP contribution in [-0.4, -0.2) is 305 Å². The Hall–Kier alpha value is -13.5. The molecule has 12 atom stereocenters. The second-order valence-corrected chi connectivity index (χ2v) is 34.4. The number of rotatable bonds is 27. The topological polar surface area (TPSA) is 588 Å². The lowest BCUT2D eigenvalue weighted by Crippen LogP contribution is -2.61. The van der Waals surface area contributed by atoms with Gasteiger partial charge in [-0.1, -0.05) is 127 Å². The van der Waals surface area contributed by atoms with E-state index < -0.39 is 217 Å². The summed E-state index contributed by atoms with van der Waals surface area (Å²) < 4.78 is 0. The van der Waals surface area contributed by atoms with Crippen LogP contribution in [0.3, 0.4) is 0 Å². The number of carbonyl (C=O) groups excluding carboxylic acids is 17. The lowest BCUT2D eigenvalue weighted by molar-refractivity contribution is -0.149. The van der Waals surface area contributed by atoms with E-state index in [-0.39, 0.29) is 76.7 Å². The van der Waals surface area contributed by atoms with Crippen molar-refractivity contribution in [1.29, 1.82) is 0 Å². The van der Waals surface area contributed by atoms with Crippen molar-refractivity contribution in [3.05, 3.63) is 144 Å². The molecule has 1 aliphatic rings. The molecule has 5 heterocycles. The normalized spacial score (nSPS) is 22.6. The van der Waals surface area contributed by atoms with Crippen LogP contribution in [0.15, 0.2) is 116 Å². The third-order valence-electron chi connectivity index (χ3n) is 22.7. The summed E-state index contributed by atoms with van der Waals surface area (Å²) in [4.78, 5) is 274. The molecule has 1 fully saturated rings. The van der Waals surface area contributed by atoms with E-state index in [0.717, 1.165) is 36.9 Å². The summed E-state index contributed by atoms with van der Waals surface area (Å²) in [6.07, 6.45) is 8.91. The second kappa shape index (κ2) is 51.2. The van der Waals surface area contributed by atoms with Crippen molar-refractivity contribution in [2.24, 2.45) is 17.4 Å². The predicted molar refractivity (Wildman–Crippen MR) is 490 cm³/mol. The number of aromatic amines is 4. The Morgan fingerprint density at radius 1 is 0.492 bits per heavy atom. The Bertz CT molecular complexity index is 5130. The van der Waals surface area contributed by atoms with Crippen molar-refractivity contribution in [2.75, 3.05) is 72.5 Å². The highest BCUT2D eigenvalue weighted by atomic mass is 32.2. The maximum absolute atomic E-state index is 15.7. The van der Waals surface area contributed by atoms with Crippen molar-refractivity contribution in [3.8, 4) is 0 Å². The molecular weight excluding hydrogens is 1720 g/mol. The van der Waals surface area contributed by atoms with Gasteiger partial charge in [0.05, 0.1) is 51.1 Å². The van der Waals surface area contributed by atoms with Gasteiger partial charge in [-0.05, 0) is 80.2 Å². The van der Waals surface area contributed by atoms with Crippen molar-refractivity contribution >= 4 is 134 Å². The molecule has 0 saturated carbocycles. The van der Waals surface area contributed by atoms with Crippen molar-refractivity contribution in [1.82, 2.24) is 108 Å². The van der Waals surface area contributed by atoms with Gasteiger partial charge in [0.25, 0.3) is 0 Å². The highest BCUT2D eigenvalue weighted by Gasteiger charge is 2.42. The van der Waals surface area contributed by atoms with Crippen LogP contribution in [0.4, 0.5) is 0 Å². The number of thioether (sulfide) groups is 1. The minimum atomic E-state index is -1.84. The third-order valence-corrected chi connectivity index (χ3v) is 23.8. The molecule has 19 N–H and O–H groups in total. The number of H-pyrrole nitrogens is 4. The molecule has 7 aromatic rings. The number of para-hydroxylation sites is 2. The summed E-state index contributed by atoms with van der Waals surface area (Å²) in [5.41, 5.74) is 15.0. The lowest BCUT2D eigenvalue weighted by Gasteiger charge is -2.36. The molecular formula is C90H125N23O18S. The van der Waals surface area contributed by atoms with Gasteiger partial charge in [-0.2, -0.15) is 0 Å². The number of nitrogens with two attached hydrogens (primary N) is 2. The number of fused-ring (bicyclic) bond motifs is 2. The van der Waals surface area contributed by atoms with Crippen molar-refractivity contribution < 1.29 is 86.6 Å². The van der Waals surface area contributed by atoms with Crippen LogP contribution in [0.25, 0.3) is 21.8 Å². The van der Waals surface area contributed by atoms with Gasteiger partial charge in [0.15, 0.2) is 0 Å². The monoisotopic (exact) mass is 1850 g/mol. The number of aliphatic hydroxyl groups excluding tert-OH is 1. The van der Waals surface area contributed by atoms with E-state index in [4.69, 9.17) is 11.5 Å². The Kier molecular flexibility index (Phi) is 40.2. The van der Waals surface area contributed by atoms with E-state index in [1.807, 2.05) is 13.8 Å².